The molecule has 0 radical (unpaired) electrons. The van der Waals surface area contributed by atoms with Crippen LogP contribution in [0.3, 0.4) is 0 Å². The lowest BCUT2D eigenvalue weighted by molar-refractivity contribution is 0.0814. The highest BCUT2D eigenvalue weighted by Gasteiger charge is 2.36. The highest BCUT2D eigenvalue weighted by Crippen LogP contribution is 2.35. The molecule has 3 aromatic carbocycles. The third-order valence-electron chi connectivity index (χ3n) is 5.99. The Kier molecular flexibility index (Phi) is 7.08. The molecule has 0 fully saturated rings. The number of rotatable bonds is 8. The van der Waals surface area contributed by atoms with Gasteiger partial charge in [0.05, 0.1) is 22.3 Å². The summed E-state index contributed by atoms with van der Waals surface area (Å²) in [5.74, 6) is -0.571. The van der Waals surface area contributed by atoms with E-state index in [1.165, 1.54) is 4.90 Å². The first-order chi connectivity index (χ1) is 17.2. The van der Waals surface area contributed by atoms with Crippen molar-refractivity contribution in [3.8, 4) is 0 Å². The maximum Gasteiger partial charge on any atom is 0.266 e. The van der Waals surface area contributed by atoms with Gasteiger partial charge < -0.3 is 4.74 Å². The normalized spacial score (nSPS) is 13.6. The third kappa shape index (κ3) is 5.15. The van der Waals surface area contributed by atoms with Gasteiger partial charge in [0.15, 0.2) is 0 Å². The van der Waals surface area contributed by atoms with E-state index in [4.69, 9.17) is 4.74 Å². The third-order valence-corrected chi connectivity index (χ3v) is 9.47. The molecule has 6 nitrogen and oxygen atoms in total. The molecule has 0 aliphatic carbocycles. The molecule has 2 heterocycles. The zero-order chi connectivity index (χ0) is 25.4. The highest BCUT2D eigenvalue weighted by molar-refractivity contribution is 14.1. The molecule has 36 heavy (non-hydrogen) atoms. The maximum atomic E-state index is 12.9. The summed E-state index contributed by atoms with van der Waals surface area (Å²) in [7, 11) is -1.14. The molecule has 0 bridgehead atoms. The van der Waals surface area contributed by atoms with E-state index in [1.54, 1.807) is 42.1 Å². The smallest absolute Gasteiger partial charge is 0.266 e. The van der Waals surface area contributed by atoms with Crippen LogP contribution in [0.15, 0.2) is 76.5 Å². The quantitative estimate of drug-likeness (QED) is 0.0921. The Bertz CT molecular complexity index is 1450. The van der Waals surface area contributed by atoms with Gasteiger partial charge in [0.25, 0.3) is 11.8 Å². The first-order valence-corrected chi connectivity index (χ1v) is 17.3. The second-order valence-electron chi connectivity index (χ2n) is 9.91. The molecule has 1 aliphatic heterocycles. The maximum absolute atomic E-state index is 12.9. The average molecular weight is 628 g/mol. The topological polar surface area (TPSA) is 64.4 Å². The summed E-state index contributed by atoms with van der Waals surface area (Å²) < 4.78 is 8.81. The number of amides is 2. The molecule has 1 aliphatic rings. The van der Waals surface area contributed by atoms with Crippen LogP contribution in [0, 0.1) is 3.70 Å². The van der Waals surface area contributed by atoms with E-state index in [1.807, 2.05) is 22.9 Å². The van der Waals surface area contributed by atoms with Gasteiger partial charge >= 0.3 is 0 Å². The zero-order valence-electron chi connectivity index (χ0n) is 20.3. The van der Waals surface area contributed by atoms with E-state index in [9.17, 15) is 9.59 Å². The SMILES string of the molecule is C[Si](C)(C)CCOCn1nc(I)c2ccc(Sc3cccc(N4C(=O)c5ccccc5C4=O)c3)cc21. The predicted octanol–water partition coefficient (Wildman–Crippen LogP) is 6.91. The Hall–Kier alpha value is -2.47. The Balaban J connectivity index is 1.36. The second kappa shape index (κ2) is 10.1. The van der Waals surface area contributed by atoms with Crippen molar-refractivity contribution >= 4 is 70.8 Å². The summed E-state index contributed by atoms with van der Waals surface area (Å²) in [5.41, 5.74) is 2.48. The lowest BCUT2D eigenvalue weighted by Crippen LogP contribution is -2.29. The Morgan fingerprint density at radius 1 is 0.917 bits per heavy atom. The van der Waals surface area contributed by atoms with Gasteiger partial charge in [0, 0.05) is 29.9 Å². The first kappa shape index (κ1) is 25.2. The van der Waals surface area contributed by atoms with E-state index < -0.39 is 8.07 Å². The van der Waals surface area contributed by atoms with Gasteiger partial charge in [0.2, 0.25) is 0 Å². The van der Waals surface area contributed by atoms with Crippen molar-refractivity contribution in [3.63, 3.8) is 0 Å². The van der Waals surface area contributed by atoms with Crippen molar-refractivity contribution in [3.05, 3.63) is 81.6 Å². The van der Waals surface area contributed by atoms with E-state index >= 15 is 0 Å². The van der Waals surface area contributed by atoms with E-state index in [2.05, 4.69) is 65.5 Å². The number of anilines is 1. The molecule has 4 aromatic rings. The van der Waals surface area contributed by atoms with Crippen LogP contribution in [-0.4, -0.2) is 36.3 Å². The van der Waals surface area contributed by atoms with Crippen LogP contribution in [-0.2, 0) is 11.5 Å². The standard InChI is InChI=1S/C27H26IN3O3SSi/c1-36(2,3)14-13-34-17-30-24-16-20(11-12-23(24)25(28)29-30)35-19-8-6-7-18(15-19)31-26(32)21-9-4-5-10-22(21)27(31)33/h4-12,15-16H,13-14,17H2,1-3H3. The van der Waals surface area contributed by atoms with Crippen molar-refractivity contribution in [1.82, 2.24) is 9.78 Å². The molecule has 9 heteroatoms. The number of benzene rings is 3. The number of carbonyl (C=O) groups is 2. The van der Waals surface area contributed by atoms with Gasteiger partial charge in [-0.15, -0.1) is 0 Å². The van der Waals surface area contributed by atoms with Gasteiger partial charge in [-0.3, -0.25) is 9.59 Å². The first-order valence-electron chi connectivity index (χ1n) is 11.7. The van der Waals surface area contributed by atoms with Gasteiger partial charge in [0.1, 0.15) is 10.4 Å². The summed E-state index contributed by atoms with van der Waals surface area (Å²) in [6.45, 7) is 8.19. The number of imide groups is 1. The molecule has 0 unspecified atom stereocenters. The molecule has 1 aromatic heterocycles. The highest BCUT2D eigenvalue weighted by atomic mass is 127. The average Bonchev–Trinajstić information content (AvgIpc) is 3.29. The monoisotopic (exact) mass is 627 g/mol. The zero-order valence-corrected chi connectivity index (χ0v) is 24.3. The van der Waals surface area contributed by atoms with Crippen LogP contribution in [0.5, 0.6) is 0 Å². The van der Waals surface area contributed by atoms with Crippen LogP contribution in [0.2, 0.25) is 25.7 Å². The largest absolute Gasteiger partial charge is 0.360 e. The molecule has 2 amide bonds. The number of fused-ring (bicyclic) bond motifs is 2. The van der Waals surface area contributed by atoms with Crippen LogP contribution in [0.4, 0.5) is 5.69 Å². The van der Waals surface area contributed by atoms with Crippen molar-refractivity contribution in [2.45, 2.75) is 42.2 Å². The minimum Gasteiger partial charge on any atom is -0.360 e. The lowest BCUT2D eigenvalue weighted by Gasteiger charge is -2.15. The minimum absolute atomic E-state index is 0.285. The summed E-state index contributed by atoms with van der Waals surface area (Å²) >= 11 is 3.84. The van der Waals surface area contributed by atoms with E-state index in [0.29, 0.717) is 23.5 Å². The molecule has 0 saturated heterocycles. The minimum atomic E-state index is -1.14. The van der Waals surface area contributed by atoms with Gasteiger partial charge in [-0.2, -0.15) is 5.10 Å². The summed E-state index contributed by atoms with van der Waals surface area (Å²) in [6, 6.07) is 21.9. The Morgan fingerprint density at radius 3 is 2.31 bits per heavy atom. The molecular formula is C27H26IN3O3SSi. The molecule has 184 valence electrons. The van der Waals surface area contributed by atoms with E-state index in [0.717, 1.165) is 37.0 Å². The van der Waals surface area contributed by atoms with Crippen LogP contribution >= 0.6 is 34.4 Å². The van der Waals surface area contributed by atoms with Crippen molar-refractivity contribution < 1.29 is 14.3 Å². The second-order valence-corrected chi connectivity index (χ2v) is 17.7. The van der Waals surface area contributed by atoms with Gasteiger partial charge in [-0.05, 0) is 77.2 Å². The number of aromatic nitrogens is 2. The van der Waals surface area contributed by atoms with Gasteiger partial charge in [-0.1, -0.05) is 49.6 Å². The Labute approximate surface area is 229 Å². The van der Waals surface area contributed by atoms with Crippen molar-refractivity contribution in [1.29, 1.82) is 0 Å². The van der Waals surface area contributed by atoms with Crippen LogP contribution in [0.25, 0.3) is 10.9 Å². The Morgan fingerprint density at radius 2 is 1.61 bits per heavy atom. The summed E-state index contributed by atoms with van der Waals surface area (Å²) in [5, 5.41) is 5.76. The summed E-state index contributed by atoms with van der Waals surface area (Å²) in [4.78, 5) is 29.0. The summed E-state index contributed by atoms with van der Waals surface area (Å²) in [6.07, 6.45) is 0. The van der Waals surface area contributed by atoms with Gasteiger partial charge in [-0.25, -0.2) is 9.58 Å². The molecule has 5 rings (SSSR count). The van der Waals surface area contributed by atoms with Crippen LogP contribution < -0.4 is 4.90 Å². The van der Waals surface area contributed by atoms with Crippen LogP contribution in [0.1, 0.15) is 20.7 Å². The number of hydrogen-bond acceptors (Lipinski definition) is 5. The van der Waals surface area contributed by atoms with Crippen molar-refractivity contribution in [2.75, 3.05) is 11.5 Å². The fourth-order valence-electron chi connectivity index (χ4n) is 4.05. The fourth-order valence-corrected chi connectivity index (χ4v) is 6.43. The predicted molar refractivity (Wildman–Crippen MR) is 155 cm³/mol. The number of halogens is 1. The fraction of sp³-hybridized carbons (Fsp3) is 0.222. The molecule has 0 N–H and O–H groups in total. The number of hydrogen-bond donors (Lipinski definition) is 0. The molecule has 0 saturated carbocycles. The number of ether oxygens (including phenoxy) is 1. The van der Waals surface area contributed by atoms with E-state index in [-0.39, 0.29) is 11.8 Å². The molecule has 0 spiro atoms. The molecule has 0 atom stereocenters. The molecular weight excluding hydrogens is 601 g/mol. The number of carbonyl (C=O) groups excluding carboxylic acids is 2. The van der Waals surface area contributed by atoms with Crippen molar-refractivity contribution in [2.24, 2.45) is 0 Å². The lowest BCUT2D eigenvalue weighted by atomic mass is 10.1. The number of nitrogens with zero attached hydrogens (tertiary/aromatic N) is 3.